The first-order chi connectivity index (χ1) is 8.45. The van der Waals surface area contributed by atoms with Gasteiger partial charge in [0.15, 0.2) is 0 Å². The molecule has 0 aliphatic rings. The van der Waals surface area contributed by atoms with Crippen LogP contribution >= 0.6 is 0 Å². The van der Waals surface area contributed by atoms with Crippen molar-refractivity contribution < 1.29 is 19.5 Å². The molecule has 3 N–H and O–H groups in total. The Morgan fingerprint density at radius 2 is 1.78 bits per heavy atom. The van der Waals surface area contributed by atoms with E-state index in [1.165, 1.54) is 12.1 Å². The molecule has 5 nitrogen and oxygen atoms in total. The lowest BCUT2D eigenvalue weighted by atomic mass is 10.0. The molecule has 0 aliphatic carbocycles. The lowest BCUT2D eigenvalue weighted by Gasteiger charge is -2.06. The zero-order chi connectivity index (χ0) is 13.7. The van der Waals surface area contributed by atoms with Crippen molar-refractivity contribution in [2.75, 3.05) is 0 Å². The second-order valence-electron chi connectivity index (χ2n) is 3.95. The first-order valence-corrected chi connectivity index (χ1v) is 5.60. The van der Waals surface area contributed by atoms with Crippen molar-refractivity contribution in [1.29, 1.82) is 0 Å². The molecular formula is C13H15NO4. The minimum atomic E-state index is -1.07. The minimum Gasteiger partial charge on any atom is -0.480 e. The summed E-state index contributed by atoms with van der Waals surface area (Å²) >= 11 is 0. The van der Waals surface area contributed by atoms with Gasteiger partial charge < -0.3 is 10.8 Å². The van der Waals surface area contributed by atoms with E-state index < -0.39 is 23.6 Å². The quantitative estimate of drug-likeness (QED) is 0.574. The number of carbonyl (C=O) groups excluding carboxylic acids is 2. The number of rotatable bonds is 6. The average molecular weight is 249 g/mol. The average Bonchev–Trinajstić information content (AvgIpc) is 2.37. The summed E-state index contributed by atoms with van der Waals surface area (Å²) < 4.78 is 0. The molecule has 0 saturated carbocycles. The van der Waals surface area contributed by atoms with Crippen LogP contribution in [0.15, 0.2) is 24.3 Å². The van der Waals surface area contributed by atoms with E-state index in [1.807, 2.05) is 0 Å². The van der Waals surface area contributed by atoms with Crippen LogP contribution in [0.2, 0.25) is 0 Å². The van der Waals surface area contributed by atoms with Crippen LogP contribution in [-0.2, 0) is 16.0 Å². The van der Waals surface area contributed by atoms with Crippen molar-refractivity contribution in [2.45, 2.75) is 25.8 Å². The molecule has 0 heterocycles. The fourth-order valence-electron chi connectivity index (χ4n) is 1.45. The molecule has 0 spiro atoms. The summed E-state index contributed by atoms with van der Waals surface area (Å²) in [5, 5.41) is 8.67. The SMILES string of the molecule is CCC(=O)C(=O)c1ccc(C[C@H](N)C(=O)O)cc1. The maximum atomic E-state index is 11.5. The van der Waals surface area contributed by atoms with E-state index >= 15 is 0 Å². The highest BCUT2D eigenvalue weighted by molar-refractivity contribution is 6.43. The molecule has 1 rings (SSSR count). The van der Waals surface area contributed by atoms with Gasteiger partial charge in [0.1, 0.15) is 6.04 Å². The lowest BCUT2D eigenvalue weighted by Crippen LogP contribution is -2.32. The highest BCUT2D eigenvalue weighted by atomic mass is 16.4. The number of aliphatic carboxylic acids is 1. The molecule has 0 radical (unpaired) electrons. The molecule has 0 fully saturated rings. The Balaban J connectivity index is 2.77. The molecule has 0 amide bonds. The van der Waals surface area contributed by atoms with E-state index in [2.05, 4.69) is 0 Å². The van der Waals surface area contributed by atoms with Crippen molar-refractivity contribution in [3.8, 4) is 0 Å². The number of Topliss-reactive ketones (excluding diaryl/α,β-unsaturated/α-hetero) is 2. The van der Waals surface area contributed by atoms with E-state index in [4.69, 9.17) is 10.8 Å². The maximum Gasteiger partial charge on any atom is 0.320 e. The third kappa shape index (κ3) is 3.49. The van der Waals surface area contributed by atoms with Gasteiger partial charge in [0.2, 0.25) is 11.6 Å². The zero-order valence-corrected chi connectivity index (χ0v) is 10.1. The summed E-state index contributed by atoms with van der Waals surface area (Å²) in [6.07, 6.45) is 0.357. The predicted octanol–water partition coefficient (Wildman–Crippen LogP) is 0.803. The van der Waals surface area contributed by atoms with E-state index in [0.717, 1.165) is 0 Å². The second-order valence-corrected chi connectivity index (χ2v) is 3.95. The third-order valence-corrected chi connectivity index (χ3v) is 2.56. The Morgan fingerprint density at radius 3 is 2.22 bits per heavy atom. The van der Waals surface area contributed by atoms with Crippen LogP contribution in [0.3, 0.4) is 0 Å². The Morgan fingerprint density at radius 1 is 1.22 bits per heavy atom. The molecule has 0 aliphatic heterocycles. The summed E-state index contributed by atoms with van der Waals surface area (Å²) in [5.74, 6) is -2.03. The van der Waals surface area contributed by atoms with Gasteiger partial charge in [-0.2, -0.15) is 0 Å². The number of carbonyl (C=O) groups is 3. The van der Waals surface area contributed by atoms with Crippen LogP contribution in [0.4, 0.5) is 0 Å². The largest absolute Gasteiger partial charge is 0.480 e. The van der Waals surface area contributed by atoms with Crippen molar-refractivity contribution >= 4 is 17.5 Å². The van der Waals surface area contributed by atoms with Gasteiger partial charge in [-0.05, 0) is 12.0 Å². The van der Waals surface area contributed by atoms with Crippen molar-refractivity contribution in [3.05, 3.63) is 35.4 Å². The highest BCUT2D eigenvalue weighted by Crippen LogP contribution is 2.08. The number of hydrogen-bond donors (Lipinski definition) is 2. The Labute approximate surface area is 105 Å². The highest BCUT2D eigenvalue weighted by Gasteiger charge is 2.15. The van der Waals surface area contributed by atoms with Crippen LogP contribution in [0.1, 0.15) is 29.3 Å². The first-order valence-electron chi connectivity index (χ1n) is 5.60. The summed E-state index contributed by atoms with van der Waals surface area (Å²) in [6.45, 7) is 1.63. The van der Waals surface area contributed by atoms with Gasteiger partial charge in [-0.15, -0.1) is 0 Å². The van der Waals surface area contributed by atoms with E-state index in [9.17, 15) is 14.4 Å². The Kier molecular flexibility index (Phi) is 4.74. The molecule has 18 heavy (non-hydrogen) atoms. The van der Waals surface area contributed by atoms with Crippen LogP contribution < -0.4 is 5.73 Å². The number of hydrogen-bond acceptors (Lipinski definition) is 4. The van der Waals surface area contributed by atoms with E-state index in [0.29, 0.717) is 11.1 Å². The van der Waals surface area contributed by atoms with Crippen LogP contribution in [0.5, 0.6) is 0 Å². The van der Waals surface area contributed by atoms with Gasteiger partial charge in [-0.3, -0.25) is 14.4 Å². The van der Waals surface area contributed by atoms with Gasteiger partial charge in [-0.25, -0.2) is 0 Å². The van der Waals surface area contributed by atoms with Crippen molar-refractivity contribution in [3.63, 3.8) is 0 Å². The molecule has 1 atom stereocenters. The molecule has 1 aromatic carbocycles. The van der Waals surface area contributed by atoms with Gasteiger partial charge in [-0.1, -0.05) is 31.2 Å². The van der Waals surface area contributed by atoms with Gasteiger partial charge in [0, 0.05) is 12.0 Å². The van der Waals surface area contributed by atoms with Crippen LogP contribution in [-0.4, -0.2) is 28.7 Å². The summed E-state index contributed by atoms with van der Waals surface area (Å²) in [6, 6.07) is 5.28. The minimum absolute atomic E-state index is 0.171. The molecule has 0 saturated heterocycles. The first kappa shape index (κ1) is 14.1. The topological polar surface area (TPSA) is 97.5 Å². The number of benzene rings is 1. The van der Waals surface area contributed by atoms with Gasteiger partial charge >= 0.3 is 5.97 Å². The summed E-state index contributed by atoms with van der Waals surface area (Å²) in [7, 11) is 0. The molecule has 0 bridgehead atoms. The standard InChI is InChI=1S/C13H15NO4/c1-2-11(15)12(16)9-5-3-8(4-6-9)7-10(14)13(17)18/h3-6,10H,2,7,14H2,1H3,(H,17,18)/t10-/m0/s1. The number of nitrogens with two attached hydrogens (primary N) is 1. The smallest absolute Gasteiger partial charge is 0.320 e. The predicted molar refractivity (Wildman–Crippen MR) is 65.4 cm³/mol. The molecule has 5 heteroatoms. The normalized spacial score (nSPS) is 11.9. The maximum absolute atomic E-state index is 11.5. The Hall–Kier alpha value is -2.01. The fraction of sp³-hybridized carbons (Fsp3) is 0.308. The Bertz CT molecular complexity index is 464. The summed E-state index contributed by atoms with van der Waals surface area (Å²) in [5.41, 5.74) is 6.42. The third-order valence-electron chi connectivity index (χ3n) is 2.56. The van der Waals surface area contributed by atoms with E-state index in [1.54, 1.807) is 19.1 Å². The van der Waals surface area contributed by atoms with E-state index in [-0.39, 0.29) is 12.8 Å². The fourth-order valence-corrected chi connectivity index (χ4v) is 1.45. The molecular weight excluding hydrogens is 234 g/mol. The lowest BCUT2D eigenvalue weighted by molar-refractivity contribution is -0.138. The number of carboxylic acids is 1. The molecule has 0 unspecified atom stereocenters. The molecule has 1 aromatic rings. The number of ketones is 2. The van der Waals surface area contributed by atoms with Crippen LogP contribution in [0, 0.1) is 0 Å². The molecule has 0 aromatic heterocycles. The second kappa shape index (κ2) is 6.07. The van der Waals surface area contributed by atoms with Crippen molar-refractivity contribution in [2.24, 2.45) is 5.73 Å². The monoisotopic (exact) mass is 249 g/mol. The van der Waals surface area contributed by atoms with Crippen molar-refractivity contribution in [1.82, 2.24) is 0 Å². The van der Waals surface area contributed by atoms with Gasteiger partial charge in [0.25, 0.3) is 0 Å². The summed E-state index contributed by atoms with van der Waals surface area (Å²) in [4.78, 5) is 33.3. The molecule has 96 valence electrons. The van der Waals surface area contributed by atoms with Crippen LogP contribution in [0.25, 0.3) is 0 Å². The van der Waals surface area contributed by atoms with Gasteiger partial charge in [0.05, 0.1) is 0 Å². The zero-order valence-electron chi connectivity index (χ0n) is 10.1. The number of carboxylic acid groups (broad SMARTS) is 1.